The van der Waals surface area contributed by atoms with Crippen LogP contribution in [-0.4, -0.2) is 11.7 Å². The van der Waals surface area contributed by atoms with E-state index < -0.39 is 0 Å². The van der Waals surface area contributed by atoms with Gasteiger partial charge in [-0.25, -0.2) is 0 Å². The van der Waals surface area contributed by atoms with E-state index in [1.165, 1.54) is 0 Å². The Labute approximate surface area is 85.4 Å². The average Bonchev–Trinajstić information content (AvgIpc) is 2.15. The van der Waals surface area contributed by atoms with Crippen LogP contribution >= 0.6 is 0 Å². The van der Waals surface area contributed by atoms with E-state index in [2.05, 4.69) is 44.0 Å². The van der Waals surface area contributed by atoms with Crippen molar-refractivity contribution in [2.75, 3.05) is 0 Å². The molecule has 0 atom stereocenters. The Bertz CT molecular complexity index is 359. The number of aliphatic imine (C=N–C) groups is 1. The zero-order chi connectivity index (χ0) is 10.8. The molecule has 74 valence electrons. The highest BCUT2D eigenvalue weighted by molar-refractivity contribution is 5.63. The van der Waals surface area contributed by atoms with Crippen LogP contribution in [0.5, 0.6) is 0 Å². The molecule has 0 saturated heterocycles. The van der Waals surface area contributed by atoms with Crippen molar-refractivity contribution >= 4 is 12.4 Å². The van der Waals surface area contributed by atoms with Crippen molar-refractivity contribution in [2.24, 2.45) is 4.99 Å². The molecule has 0 amide bonds. The lowest BCUT2D eigenvalue weighted by molar-refractivity contribution is 0.568. The summed E-state index contributed by atoms with van der Waals surface area (Å²) in [6, 6.07) is 5.88. The van der Waals surface area contributed by atoms with E-state index in [9.17, 15) is 0 Å². The molecule has 1 aromatic heterocycles. The minimum atomic E-state index is 0.0530. The predicted molar refractivity (Wildman–Crippen MR) is 61.5 cm³/mol. The van der Waals surface area contributed by atoms with Crippen molar-refractivity contribution in [1.29, 1.82) is 0 Å². The zero-order valence-corrected chi connectivity index (χ0v) is 9.04. The third-order valence-electron chi connectivity index (χ3n) is 2.00. The van der Waals surface area contributed by atoms with Crippen LogP contribution in [0.1, 0.15) is 32.2 Å². The van der Waals surface area contributed by atoms with Crippen LogP contribution < -0.4 is 0 Å². The molecule has 2 heteroatoms. The molecule has 0 aliphatic carbocycles. The molecule has 0 unspecified atom stereocenters. The maximum absolute atomic E-state index is 4.48. The third-order valence-corrected chi connectivity index (χ3v) is 2.00. The second kappa shape index (κ2) is 3.74. The molecule has 1 heterocycles. The van der Waals surface area contributed by atoms with Crippen molar-refractivity contribution in [2.45, 2.75) is 26.2 Å². The lowest BCUT2D eigenvalue weighted by atomic mass is 9.91. The molecule has 0 aromatic carbocycles. The lowest BCUT2D eigenvalue weighted by Crippen LogP contribution is -2.13. The van der Waals surface area contributed by atoms with E-state index in [1.807, 2.05) is 18.2 Å². The highest BCUT2D eigenvalue weighted by atomic mass is 14.8. The fourth-order valence-electron chi connectivity index (χ4n) is 1.09. The molecule has 1 rings (SSSR count). The highest BCUT2D eigenvalue weighted by Crippen LogP contribution is 2.21. The maximum atomic E-state index is 4.48. The molecule has 0 aliphatic heterocycles. The number of hydrogen-bond acceptors (Lipinski definition) is 2. The van der Waals surface area contributed by atoms with Crippen molar-refractivity contribution in [3.05, 3.63) is 36.2 Å². The van der Waals surface area contributed by atoms with Crippen LogP contribution in [0.25, 0.3) is 5.70 Å². The number of pyridine rings is 1. The van der Waals surface area contributed by atoms with Gasteiger partial charge in [-0.1, -0.05) is 33.4 Å². The van der Waals surface area contributed by atoms with E-state index in [-0.39, 0.29) is 5.41 Å². The predicted octanol–water partition coefficient (Wildman–Crippen LogP) is 3.05. The summed E-state index contributed by atoms with van der Waals surface area (Å²) in [5.74, 6) is 0. The molecule has 14 heavy (non-hydrogen) atoms. The minimum absolute atomic E-state index is 0.0530. The molecule has 0 N–H and O–H groups in total. The minimum Gasteiger partial charge on any atom is -0.263 e. The maximum Gasteiger partial charge on any atom is 0.0883 e. The van der Waals surface area contributed by atoms with E-state index in [1.54, 1.807) is 0 Å². The van der Waals surface area contributed by atoms with Crippen molar-refractivity contribution in [3.8, 4) is 0 Å². The second-order valence-electron chi connectivity index (χ2n) is 4.26. The molecule has 1 aromatic rings. The normalized spacial score (nSPS) is 11.1. The van der Waals surface area contributed by atoms with Crippen LogP contribution in [0.3, 0.4) is 0 Å². The van der Waals surface area contributed by atoms with E-state index in [0.717, 1.165) is 11.4 Å². The van der Waals surface area contributed by atoms with Gasteiger partial charge in [-0.05, 0) is 18.9 Å². The quantitative estimate of drug-likeness (QED) is 0.655. The Morgan fingerprint density at radius 1 is 1.36 bits per heavy atom. The first kappa shape index (κ1) is 10.6. The fourth-order valence-corrected chi connectivity index (χ4v) is 1.09. The Balaban J connectivity index is 3.14. The van der Waals surface area contributed by atoms with Crippen molar-refractivity contribution in [1.82, 2.24) is 4.98 Å². The van der Waals surface area contributed by atoms with Gasteiger partial charge in [0.2, 0.25) is 0 Å². The molecule has 2 nitrogen and oxygen atoms in total. The van der Waals surface area contributed by atoms with Gasteiger partial charge in [0.05, 0.1) is 11.4 Å². The number of nitrogens with zero attached hydrogens (tertiary/aromatic N) is 2. The van der Waals surface area contributed by atoms with E-state index in [0.29, 0.717) is 5.70 Å². The number of aromatic nitrogens is 1. The number of hydrogen-bond donors (Lipinski definition) is 0. The van der Waals surface area contributed by atoms with Crippen LogP contribution in [0.4, 0.5) is 0 Å². The molecule has 0 spiro atoms. The topological polar surface area (TPSA) is 25.2 Å². The van der Waals surface area contributed by atoms with E-state index >= 15 is 0 Å². The average molecular weight is 188 g/mol. The van der Waals surface area contributed by atoms with Crippen molar-refractivity contribution < 1.29 is 0 Å². The molecule has 0 aliphatic rings. The van der Waals surface area contributed by atoms with Gasteiger partial charge >= 0.3 is 0 Å². The monoisotopic (exact) mass is 188 g/mol. The van der Waals surface area contributed by atoms with Gasteiger partial charge in [0.15, 0.2) is 0 Å². The van der Waals surface area contributed by atoms with Gasteiger partial charge in [-0.3, -0.25) is 9.98 Å². The summed E-state index contributed by atoms with van der Waals surface area (Å²) in [4.78, 5) is 8.26. The summed E-state index contributed by atoms with van der Waals surface area (Å²) in [5.41, 5.74) is 2.51. The summed E-state index contributed by atoms with van der Waals surface area (Å²) >= 11 is 0. The molecular formula is C12H16N2. The zero-order valence-electron chi connectivity index (χ0n) is 9.04. The lowest BCUT2D eigenvalue weighted by Gasteiger charge is -2.18. The van der Waals surface area contributed by atoms with E-state index in [4.69, 9.17) is 0 Å². The summed E-state index contributed by atoms with van der Waals surface area (Å²) in [6.45, 7) is 13.6. The Morgan fingerprint density at radius 3 is 2.50 bits per heavy atom. The molecule has 0 bridgehead atoms. The van der Waals surface area contributed by atoms with Gasteiger partial charge in [0.1, 0.15) is 0 Å². The standard InChI is InChI=1S/C12H16N2/c1-9(13-5)10-7-6-8-11(14-10)12(2,3)4/h6-8H,1,5H2,2-4H3. The molecular weight excluding hydrogens is 172 g/mol. The second-order valence-corrected chi connectivity index (χ2v) is 4.26. The highest BCUT2D eigenvalue weighted by Gasteiger charge is 2.15. The smallest absolute Gasteiger partial charge is 0.0883 e. The Morgan fingerprint density at radius 2 is 2.00 bits per heavy atom. The number of rotatable bonds is 2. The molecule has 0 fully saturated rings. The molecule has 0 saturated carbocycles. The summed E-state index contributed by atoms with van der Waals surface area (Å²) in [5, 5.41) is 0. The largest absolute Gasteiger partial charge is 0.263 e. The van der Waals surface area contributed by atoms with Crippen molar-refractivity contribution in [3.63, 3.8) is 0 Å². The van der Waals surface area contributed by atoms with Gasteiger partial charge in [0, 0.05) is 11.1 Å². The SMILES string of the molecule is C=NC(=C)c1cccc(C(C)(C)C)n1. The van der Waals surface area contributed by atoms with Gasteiger partial charge in [0.25, 0.3) is 0 Å². The van der Waals surface area contributed by atoms with Gasteiger partial charge in [-0.2, -0.15) is 0 Å². The van der Waals surface area contributed by atoms with Gasteiger partial charge < -0.3 is 0 Å². The third kappa shape index (κ3) is 2.28. The molecule has 0 radical (unpaired) electrons. The Hall–Kier alpha value is -1.44. The first-order valence-electron chi connectivity index (χ1n) is 4.58. The van der Waals surface area contributed by atoms with Gasteiger partial charge in [-0.15, -0.1) is 0 Å². The fraction of sp³-hybridized carbons (Fsp3) is 0.333. The van der Waals surface area contributed by atoms with Crippen LogP contribution in [0, 0.1) is 0 Å². The first-order chi connectivity index (χ1) is 6.45. The first-order valence-corrected chi connectivity index (χ1v) is 4.58. The summed E-state index contributed by atoms with van der Waals surface area (Å²) in [6.07, 6.45) is 0. The Kier molecular flexibility index (Phi) is 2.84. The summed E-state index contributed by atoms with van der Waals surface area (Å²) < 4.78 is 0. The van der Waals surface area contributed by atoms with Crippen LogP contribution in [0.2, 0.25) is 0 Å². The summed E-state index contributed by atoms with van der Waals surface area (Å²) in [7, 11) is 0. The van der Waals surface area contributed by atoms with Crippen LogP contribution in [0.15, 0.2) is 29.8 Å². The van der Waals surface area contributed by atoms with Crippen LogP contribution in [-0.2, 0) is 5.41 Å².